The monoisotopic (exact) mass is 295 g/mol. The van der Waals surface area contributed by atoms with Crippen molar-refractivity contribution in [3.8, 4) is 0 Å². The number of carboxylic acids is 1. The quantitative estimate of drug-likeness (QED) is 0.928. The Morgan fingerprint density at radius 3 is 2.70 bits per heavy atom. The van der Waals surface area contributed by atoms with E-state index in [4.69, 9.17) is 16.7 Å². The molecule has 1 aromatic rings. The summed E-state index contributed by atoms with van der Waals surface area (Å²) < 4.78 is 0. The Balaban J connectivity index is 2.27. The van der Waals surface area contributed by atoms with E-state index in [1.165, 1.54) is 4.90 Å². The van der Waals surface area contributed by atoms with Gasteiger partial charge in [-0.25, -0.2) is 0 Å². The Kier molecular flexibility index (Phi) is 4.65. The van der Waals surface area contributed by atoms with E-state index in [9.17, 15) is 9.59 Å². The molecule has 1 fully saturated rings. The average Bonchev–Trinajstić information content (AvgIpc) is 2.81. The van der Waals surface area contributed by atoms with Crippen LogP contribution in [0.25, 0.3) is 0 Å². The molecule has 108 valence electrons. The highest BCUT2D eigenvalue weighted by Crippen LogP contribution is 2.34. The predicted molar refractivity (Wildman–Crippen MR) is 77.9 cm³/mol. The van der Waals surface area contributed by atoms with Gasteiger partial charge in [0.1, 0.15) is 6.54 Å². The van der Waals surface area contributed by atoms with Crippen molar-refractivity contribution in [2.24, 2.45) is 11.8 Å². The number of carbonyl (C=O) groups excluding carboxylic acids is 1. The highest BCUT2D eigenvalue weighted by atomic mass is 35.5. The van der Waals surface area contributed by atoms with Gasteiger partial charge in [-0.1, -0.05) is 31.0 Å². The molecule has 0 aromatic heterocycles. The second-order valence-corrected chi connectivity index (χ2v) is 5.75. The van der Waals surface area contributed by atoms with E-state index in [1.54, 1.807) is 24.3 Å². The molecule has 2 unspecified atom stereocenters. The Labute approximate surface area is 123 Å². The van der Waals surface area contributed by atoms with Crippen molar-refractivity contribution >= 4 is 29.2 Å². The van der Waals surface area contributed by atoms with Crippen LogP contribution in [0.4, 0.5) is 5.69 Å². The van der Waals surface area contributed by atoms with Crippen LogP contribution in [-0.4, -0.2) is 23.5 Å². The molecule has 1 aliphatic rings. The molecule has 1 amide bonds. The number of nitrogens with zero attached hydrogens (tertiary/aromatic N) is 1. The summed E-state index contributed by atoms with van der Waals surface area (Å²) in [5.74, 6) is -0.921. The summed E-state index contributed by atoms with van der Waals surface area (Å²) in [7, 11) is 0. The summed E-state index contributed by atoms with van der Waals surface area (Å²) in [5.41, 5.74) is 0.545. The Morgan fingerprint density at radius 2 is 2.15 bits per heavy atom. The molecule has 1 aliphatic carbocycles. The van der Waals surface area contributed by atoms with Gasteiger partial charge in [0.2, 0.25) is 5.91 Å². The second kappa shape index (κ2) is 6.27. The summed E-state index contributed by atoms with van der Waals surface area (Å²) >= 11 is 5.93. The lowest BCUT2D eigenvalue weighted by Gasteiger charge is -2.26. The van der Waals surface area contributed by atoms with Crippen LogP contribution in [-0.2, 0) is 9.59 Å². The van der Waals surface area contributed by atoms with Gasteiger partial charge in [-0.2, -0.15) is 0 Å². The first-order valence-electron chi connectivity index (χ1n) is 6.78. The maximum atomic E-state index is 12.6. The van der Waals surface area contributed by atoms with E-state index in [0.717, 1.165) is 19.3 Å². The van der Waals surface area contributed by atoms with Crippen LogP contribution in [0.3, 0.4) is 0 Å². The zero-order valence-corrected chi connectivity index (χ0v) is 12.1. The zero-order valence-electron chi connectivity index (χ0n) is 11.4. The van der Waals surface area contributed by atoms with Gasteiger partial charge < -0.3 is 10.0 Å². The summed E-state index contributed by atoms with van der Waals surface area (Å²) in [4.78, 5) is 25.0. The van der Waals surface area contributed by atoms with Crippen LogP contribution in [0.15, 0.2) is 24.3 Å². The number of carbonyl (C=O) groups is 2. The Morgan fingerprint density at radius 1 is 1.40 bits per heavy atom. The zero-order chi connectivity index (χ0) is 14.7. The largest absolute Gasteiger partial charge is 0.480 e. The van der Waals surface area contributed by atoms with Crippen LogP contribution in [0.5, 0.6) is 0 Å². The Bertz CT molecular complexity index is 518. The number of carboxylic acid groups (broad SMARTS) is 1. The van der Waals surface area contributed by atoms with Gasteiger partial charge in [-0.05, 0) is 37.0 Å². The third-order valence-corrected chi connectivity index (χ3v) is 4.09. The molecule has 4 nitrogen and oxygen atoms in total. The molecular weight excluding hydrogens is 278 g/mol. The molecular formula is C15H18ClNO3. The maximum absolute atomic E-state index is 12.6. The molecule has 1 N–H and O–H groups in total. The highest BCUT2D eigenvalue weighted by molar-refractivity contribution is 6.31. The number of rotatable bonds is 4. The number of hydrogen-bond acceptors (Lipinski definition) is 2. The number of aliphatic carboxylic acids is 1. The molecule has 0 bridgehead atoms. The van der Waals surface area contributed by atoms with Crippen LogP contribution in [0.1, 0.15) is 26.2 Å². The molecule has 20 heavy (non-hydrogen) atoms. The van der Waals surface area contributed by atoms with Crippen LogP contribution in [0.2, 0.25) is 5.02 Å². The maximum Gasteiger partial charge on any atom is 0.323 e. The van der Waals surface area contributed by atoms with Crippen molar-refractivity contribution in [3.63, 3.8) is 0 Å². The number of benzene rings is 1. The minimum atomic E-state index is -1.02. The van der Waals surface area contributed by atoms with Gasteiger partial charge in [0.25, 0.3) is 0 Å². The fraction of sp³-hybridized carbons (Fsp3) is 0.467. The van der Waals surface area contributed by atoms with Crippen LogP contribution < -0.4 is 4.90 Å². The standard InChI is InChI=1S/C15H18ClNO3/c1-10-4-2-7-13(10)15(20)17(9-14(18)19)12-6-3-5-11(16)8-12/h3,5-6,8,10,13H,2,4,7,9H2,1H3,(H,18,19). The van der Waals surface area contributed by atoms with Crippen molar-refractivity contribution in [2.75, 3.05) is 11.4 Å². The van der Waals surface area contributed by atoms with E-state index in [0.29, 0.717) is 16.6 Å². The van der Waals surface area contributed by atoms with Crippen molar-refractivity contribution in [1.82, 2.24) is 0 Å². The molecule has 2 rings (SSSR count). The molecule has 0 aliphatic heterocycles. The first-order chi connectivity index (χ1) is 9.49. The van der Waals surface area contributed by atoms with E-state index in [1.807, 2.05) is 6.92 Å². The molecule has 1 saturated carbocycles. The fourth-order valence-corrected chi connectivity index (χ4v) is 2.97. The average molecular weight is 296 g/mol. The SMILES string of the molecule is CC1CCCC1C(=O)N(CC(=O)O)c1cccc(Cl)c1. The molecule has 5 heteroatoms. The van der Waals surface area contributed by atoms with Crippen molar-refractivity contribution in [1.29, 1.82) is 0 Å². The van der Waals surface area contributed by atoms with Gasteiger partial charge in [0.15, 0.2) is 0 Å². The minimum Gasteiger partial charge on any atom is -0.480 e. The molecule has 0 heterocycles. The number of hydrogen-bond donors (Lipinski definition) is 1. The second-order valence-electron chi connectivity index (χ2n) is 5.31. The van der Waals surface area contributed by atoms with Gasteiger partial charge in [0.05, 0.1) is 0 Å². The van der Waals surface area contributed by atoms with Gasteiger partial charge in [0, 0.05) is 16.6 Å². The minimum absolute atomic E-state index is 0.0895. The number of amides is 1. The van der Waals surface area contributed by atoms with Crippen molar-refractivity contribution in [2.45, 2.75) is 26.2 Å². The molecule has 0 radical (unpaired) electrons. The normalized spacial score (nSPS) is 21.7. The molecule has 2 atom stereocenters. The van der Waals surface area contributed by atoms with Crippen molar-refractivity contribution in [3.05, 3.63) is 29.3 Å². The summed E-state index contributed by atoms with van der Waals surface area (Å²) in [6.07, 6.45) is 2.87. The van der Waals surface area contributed by atoms with E-state index >= 15 is 0 Å². The molecule has 1 aromatic carbocycles. The topological polar surface area (TPSA) is 57.6 Å². The third kappa shape index (κ3) is 3.31. The van der Waals surface area contributed by atoms with Gasteiger partial charge in [-0.15, -0.1) is 0 Å². The first kappa shape index (κ1) is 14.9. The number of halogens is 1. The van der Waals surface area contributed by atoms with E-state index in [-0.39, 0.29) is 18.4 Å². The third-order valence-electron chi connectivity index (χ3n) is 3.86. The lowest BCUT2D eigenvalue weighted by Crippen LogP contribution is -2.40. The first-order valence-corrected chi connectivity index (χ1v) is 7.15. The van der Waals surface area contributed by atoms with Gasteiger partial charge in [-0.3, -0.25) is 9.59 Å². The lowest BCUT2D eigenvalue weighted by atomic mass is 9.96. The summed E-state index contributed by atoms with van der Waals surface area (Å²) in [6.45, 7) is 1.72. The van der Waals surface area contributed by atoms with Crippen molar-refractivity contribution < 1.29 is 14.7 Å². The molecule has 0 saturated heterocycles. The lowest BCUT2D eigenvalue weighted by molar-refractivity contribution is -0.137. The Hall–Kier alpha value is -1.55. The van der Waals surface area contributed by atoms with E-state index < -0.39 is 5.97 Å². The molecule has 0 spiro atoms. The van der Waals surface area contributed by atoms with E-state index in [2.05, 4.69) is 0 Å². The van der Waals surface area contributed by atoms with Crippen LogP contribution in [0, 0.1) is 11.8 Å². The fourth-order valence-electron chi connectivity index (χ4n) is 2.79. The smallest absolute Gasteiger partial charge is 0.323 e. The predicted octanol–water partition coefficient (Wildman–Crippen LogP) is 3.19. The summed E-state index contributed by atoms with van der Waals surface area (Å²) in [5, 5.41) is 9.54. The van der Waals surface area contributed by atoms with Crippen LogP contribution >= 0.6 is 11.6 Å². The summed E-state index contributed by atoms with van der Waals surface area (Å²) in [6, 6.07) is 6.76. The highest BCUT2D eigenvalue weighted by Gasteiger charge is 2.34. The van der Waals surface area contributed by atoms with Gasteiger partial charge >= 0.3 is 5.97 Å². The number of anilines is 1.